The third kappa shape index (κ3) is 5.03. The van der Waals surface area contributed by atoms with Gasteiger partial charge in [-0.25, -0.2) is 12.8 Å². The van der Waals surface area contributed by atoms with Gasteiger partial charge in [0.1, 0.15) is 5.82 Å². The van der Waals surface area contributed by atoms with Crippen molar-refractivity contribution in [2.24, 2.45) is 0 Å². The van der Waals surface area contributed by atoms with E-state index in [-0.39, 0.29) is 16.6 Å². The third-order valence-electron chi connectivity index (χ3n) is 5.37. The van der Waals surface area contributed by atoms with Crippen molar-refractivity contribution < 1.29 is 17.6 Å². The zero-order valence-electron chi connectivity index (χ0n) is 17.1. The van der Waals surface area contributed by atoms with Crippen LogP contribution in [0.25, 0.3) is 10.4 Å². The normalized spacial score (nSPS) is 15.2. The molecule has 1 saturated heterocycles. The number of hydrogen-bond acceptors (Lipinski definition) is 5. The molecule has 1 aliphatic heterocycles. The van der Waals surface area contributed by atoms with E-state index in [1.165, 1.54) is 18.2 Å². The van der Waals surface area contributed by atoms with E-state index in [1.807, 2.05) is 18.2 Å². The smallest absolute Gasteiger partial charge is 0.253 e. The molecule has 162 valence electrons. The van der Waals surface area contributed by atoms with Crippen LogP contribution in [0.1, 0.15) is 15.2 Å². The van der Waals surface area contributed by atoms with Crippen molar-refractivity contribution in [3.63, 3.8) is 0 Å². The van der Waals surface area contributed by atoms with Crippen LogP contribution in [-0.2, 0) is 16.4 Å². The van der Waals surface area contributed by atoms with Crippen LogP contribution >= 0.6 is 11.3 Å². The van der Waals surface area contributed by atoms with E-state index in [0.29, 0.717) is 24.2 Å². The fourth-order valence-electron chi connectivity index (χ4n) is 3.63. The number of carbonyl (C=O) groups excluding carboxylic acids is 1. The van der Waals surface area contributed by atoms with Crippen LogP contribution in [0.2, 0.25) is 0 Å². The molecule has 8 heteroatoms. The van der Waals surface area contributed by atoms with Crippen molar-refractivity contribution >= 4 is 27.1 Å². The second kappa shape index (κ2) is 8.90. The van der Waals surface area contributed by atoms with Gasteiger partial charge in [0.05, 0.1) is 4.90 Å². The maximum absolute atomic E-state index is 14.0. The van der Waals surface area contributed by atoms with Crippen LogP contribution < -0.4 is 0 Å². The lowest BCUT2D eigenvalue weighted by molar-refractivity contribution is 0.0629. The molecule has 1 amide bonds. The van der Waals surface area contributed by atoms with E-state index in [1.54, 1.807) is 40.5 Å². The number of thiophene rings is 1. The van der Waals surface area contributed by atoms with Gasteiger partial charge in [0.2, 0.25) is 0 Å². The van der Waals surface area contributed by atoms with Crippen molar-refractivity contribution in [3.05, 3.63) is 76.9 Å². The molecule has 0 bridgehead atoms. The molecule has 5 nitrogen and oxygen atoms in total. The van der Waals surface area contributed by atoms with Crippen LogP contribution in [0.4, 0.5) is 4.39 Å². The number of carbonyl (C=O) groups is 1. The molecule has 0 atom stereocenters. The predicted octanol–water partition coefficient (Wildman–Crippen LogP) is 3.92. The topological polar surface area (TPSA) is 57.7 Å². The van der Waals surface area contributed by atoms with Gasteiger partial charge < -0.3 is 4.90 Å². The van der Waals surface area contributed by atoms with Gasteiger partial charge in [-0.05, 0) is 42.5 Å². The molecule has 0 radical (unpaired) electrons. The van der Waals surface area contributed by atoms with Gasteiger partial charge in [-0.2, -0.15) is 0 Å². The Morgan fingerprint density at radius 1 is 0.968 bits per heavy atom. The van der Waals surface area contributed by atoms with Gasteiger partial charge >= 0.3 is 0 Å². The first-order valence-corrected chi connectivity index (χ1v) is 12.7. The van der Waals surface area contributed by atoms with E-state index in [2.05, 4.69) is 4.90 Å². The maximum atomic E-state index is 14.0. The summed E-state index contributed by atoms with van der Waals surface area (Å²) in [5, 5.41) is 0. The van der Waals surface area contributed by atoms with Gasteiger partial charge in [-0.3, -0.25) is 9.69 Å². The van der Waals surface area contributed by atoms with Crippen LogP contribution in [0, 0.1) is 5.82 Å². The quantitative estimate of drug-likeness (QED) is 0.582. The zero-order chi connectivity index (χ0) is 22.0. The summed E-state index contributed by atoms with van der Waals surface area (Å²) >= 11 is 1.59. The fourth-order valence-corrected chi connectivity index (χ4v) is 5.33. The molecule has 0 unspecified atom stereocenters. The lowest BCUT2D eigenvalue weighted by atomic mass is 10.2. The minimum absolute atomic E-state index is 0.0855. The standard InChI is InChI=1S/C23H23FN2O3S2/c1-31(28,29)19-9-6-17(7-10-19)23(27)26-14-12-25(13-15-26)16-18-8-11-22(30-18)20-4-2-3-5-21(20)24/h2-11H,12-16H2,1H3. The fraction of sp³-hybridized carbons (Fsp3) is 0.261. The third-order valence-corrected chi connectivity index (χ3v) is 7.60. The number of benzene rings is 2. The summed E-state index contributed by atoms with van der Waals surface area (Å²) in [6.45, 7) is 3.49. The summed E-state index contributed by atoms with van der Waals surface area (Å²) in [5.41, 5.74) is 1.12. The van der Waals surface area contributed by atoms with Gasteiger partial charge in [0.15, 0.2) is 9.84 Å². The van der Waals surface area contributed by atoms with Crippen LogP contribution in [0.3, 0.4) is 0 Å². The number of rotatable bonds is 5. The highest BCUT2D eigenvalue weighted by Crippen LogP contribution is 2.30. The summed E-state index contributed by atoms with van der Waals surface area (Å²) in [6.07, 6.45) is 1.15. The number of nitrogens with zero attached hydrogens (tertiary/aromatic N) is 2. The lowest BCUT2D eigenvalue weighted by Gasteiger charge is -2.34. The molecule has 1 aromatic heterocycles. The molecule has 0 N–H and O–H groups in total. The van der Waals surface area contributed by atoms with Crippen LogP contribution in [0.5, 0.6) is 0 Å². The molecule has 0 aliphatic carbocycles. The maximum Gasteiger partial charge on any atom is 0.253 e. The Bertz CT molecular complexity index is 1180. The number of hydrogen-bond donors (Lipinski definition) is 0. The van der Waals surface area contributed by atoms with Crippen molar-refractivity contribution in [2.45, 2.75) is 11.4 Å². The van der Waals surface area contributed by atoms with Gasteiger partial charge in [-0.1, -0.05) is 18.2 Å². The van der Waals surface area contributed by atoms with Gasteiger partial charge in [0.25, 0.3) is 5.91 Å². The molecule has 1 fully saturated rings. The van der Waals surface area contributed by atoms with E-state index in [0.717, 1.165) is 35.6 Å². The van der Waals surface area contributed by atoms with Gasteiger partial charge in [-0.15, -0.1) is 11.3 Å². The molecular weight excluding hydrogens is 435 g/mol. The Kier molecular flexibility index (Phi) is 6.22. The SMILES string of the molecule is CS(=O)(=O)c1ccc(C(=O)N2CCN(Cc3ccc(-c4ccccc4F)s3)CC2)cc1. The minimum Gasteiger partial charge on any atom is -0.336 e. The molecule has 1 aliphatic rings. The molecule has 2 aromatic carbocycles. The highest BCUT2D eigenvalue weighted by atomic mass is 32.2. The molecule has 4 rings (SSSR count). The predicted molar refractivity (Wildman–Crippen MR) is 120 cm³/mol. The number of halogens is 1. The number of amides is 1. The molecule has 2 heterocycles. The monoisotopic (exact) mass is 458 g/mol. The molecule has 0 saturated carbocycles. The average Bonchev–Trinajstić information content (AvgIpc) is 3.22. The Morgan fingerprint density at radius 3 is 2.29 bits per heavy atom. The Hall–Kier alpha value is -2.55. The molecule has 0 spiro atoms. The Balaban J connectivity index is 1.34. The van der Waals surface area contributed by atoms with E-state index < -0.39 is 9.84 Å². The first kappa shape index (κ1) is 21.7. The molecule has 31 heavy (non-hydrogen) atoms. The van der Waals surface area contributed by atoms with Gasteiger partial charge in [0, 0.05) is 59.9 Å². The summed E-state index contributed by atoms with van der Waals surface area (Å²) in [7, 11) is -3.28. The van der Waals surface area contributed by atoms with Crippen molar-refractivity contribution in [1.29, 1.82) is 0 Å². The molecular formula is C23H23FN2O3S2. The lowest BCUT2D eigenvalue weighted by Crippen LogP contribution is -2.48. The molecule has 3 aromatic rings. The highest BCUT2D eigenvalue weighted by Gasteiger charge is 2.23. The first-order chi connectivity index (χ1) is 14.8. The second-order valence-corrected chi connectivity index (χ2v) is 10.8. The first-order valence-electron chi connectivity index (χ1n) is 9.96. The summed E-state index contributed by atoms with van der Waals surface area (Å²) in [4.78, 5) is 19.1. The number of piperazine rings is 1. The highest BCUT2D eigenvalue weighted by molar-refractivity contribution is 7.90. The summed E-state index contributed by atoms with van der Waals surface area (Å²) < 4.78 is 37.2. The van der Waals surface area contributed by atoms with Crippen molar-refractivity contribution in [2.75, 3.05) is 32.4 Å². The summed E-state index contributed by atoms with van der Waals surface area (Å²) in [5.74, 6) is -0.301. The van der Waals surface area contributed by atoms with Crippen molar-refractivity contribution in [3.8, 4) is 10.4 Å². The summed E-state index contributed by atoms with van der Waals surface area (Å²) in [6, 6.07) is 16.9. The average molecular weight is 459 g/mol. The Labute approximate surface area is 185 Å². The van der Waals surface area contributed by atoms with E-state index >= 15 is 0 Å². The van der Waals surface area contributed by atoms with Crippen molar-refractivity contribution in [1.82, 2.24) is 9.80 Å². The minimum atomic E-state index is -3.28. The second-order valence-electron chi connectivity index (χ2n) is 7.61. The van der Waals surface area contributed by atoms with E-state index in [9.17, 15) is 17.6 Å². The Morgan fingerprint density at radius 2 is 1.65 bits per heavy atom. The van der Waals surface area contributed by atoms with Crippen LogP contribution in [-0.4, -0.2) is 56.6 Å². The largest absolute Gasteiger partial charge is 0.336 e. The number of sulfone groups is 1. The zero-order valence-corrected chi connectivity index (χ0v) is 18.8. The van der Waals surface area contributed by atoms with E-state index in [4.69, 9.17) is 0 Å². The van der Waals surface area contributed by atoms with Crippen LogP contribution in [0.15, 0.2) is 65.6 Å².